The first-order valence-corrected chi connectivity index (χ1v) is 7.22. The van der Waals surface area contributed by atoms with E-state index in [0.717, 1.165) is 16.8 Å². The van der Waals surface area contributed by atoms with Gasteiger partial charge in [0, 0.05) is 24.7 Å². The predicted molar refractivity (Wildman–Crippen MR) is 81.2 cm³/mol. The number of aryl methyl sites for hydroxylation is 2. The summed E-state index contributed by atoms with van der Waals surface area (Å²) in [5, 5.41) is 3.01. The van der Waals surface area contributed by atoms with Crippen LogP contribution < -0.4 is 5.32 Å². The number of methoxy groups -OCH3 is 1. The molecule has 0 aromatic heterocycles. The normalized spacial score (nSPS) is 15.7. The molecule has 1 saturated heterocycles. The number of carbonyl (C=O) groups excluding carboxylic acids is 2. The Labute approximate surface area is 125 Å². The Bertz CT molecular complexity index is 534. The van der Waals surface area contributed by atoms with Crippen LogP contribution in [0.4, 0.5) is 10.5 Å². The summed E-state index contributed by atoms with van der Waals surface area (Å²) >= 11 is 0. The largest absolute Gasteiger partial charge is 0.453 e. The maximum atomic E-state index is 12.3. The zero-order valence-electron chi connectivity index (χ0n) is 12.8. The smallest absolute Gasteiger partial charge is 0.409 e. The summed E-state index contributed by atoms with van der Waals surface area (Å²) in [5.74, 6) is -0.0148. The molecule has 2 rings (SSSR count). The fraction of sp³-hybridized carbons (Fsp3) is 0.500. The predicted octanol–water partition coefficient (Wildman–Crippen LogP) is 2.72. The number of rotatable bonds is 2. The summed E-state index contributed by atoms with van der Waals surface area (Å²) < 4.78 is 4.70. The zero-order valence-corrected chi connectivity index (χ0v) is 12.8. The van der Waals surface area contributed by atoms with Crippen molar-refractivity contribution in [2.45, 2.75) is 26.7 Å². The minimum absolute atomic E-state index is 0.0354. The Morgan fingerprint density at radius 3 is 2.52 bits per heavy atom. The second-order valence-corrected chi connectivity index (χ2v) is 5.54. The van der Waals surface area contributed by atoms with Crippen molar-refractivity contribution in [1.29, 1.82) is 0 Å². The molecular weight excluding hydrogens is 268 g/mol. The fourth-order valence-corrected chi connectivity index (χ4v) is 2.56. The number of piperidine rings is 1. The second-order valence-electron chi connectivity index (χ2n) is 5.54. The third-order valence-electron chi connectivity index (χ3n) is 3.95. The summed E-state index contributed by atoms with van der Waals surface area (Å²) in [4.78, 5) is 25.4. The first-order chi connectivity index (χ1) is 10.0. The van der Waals surface area contributed by atoms with Gasteiger partial charge in [-0.1, -0.05) is 12.1 Å². The van der Waals surface area contributed by atoms with Crippen LogP contribution >= 0.6 is 0 Å². The van der Waals surface area contributed by atoms with Gasteiger partial charge in [-0.2, -0.15) is 0 Å². The molecule has 1 N–H and O–H groups in total. The Balaban J connectivity index is 1.93. The van der Waals surface area contributed by atoms with E-state index in [1.54, 1.807) is 4.90 Å². The Morgan fingerprint density at radius 1 is 1.24 bits per heavy atom. The highest BCUT2D eigenvalue weighted by atomic mass is 16.5. The van der Waals surface area contributed by atoms with Gasteiger partial charge in [-0.05, 0) is 43.9 Å². The molecule has 0 unspecified atom stereocenters. The van der Waals surface area contributed by atoms with Crippen LogP contribution in [-0.4, -0.2) is 37.1 Å². The number of hydrogen-bond acceptors (Lipinski definition) is 3. The number of nitrogens with one attached hydrogen (secondary N) is 1. The van der Waals surface area contributed by atoms with E-state index >= 15 is 0 Å². The van der Waals surface area contributed by atoms with Crippen LogP contribution in [0, 0.1) is 19.8 Å². The summed E-state index contributed by atoms with van der Waals surface area (Å²) in [5.41, 5.74) is 3.05. The monoisotopic (exact) mass is 290 g/mol. The number of anilines is 1. The molecule has 1 fully saturated rings. The van der Waals surface area contributed by atoms with Crippen LogP contribution in [0.1, 0.15) is 24.0 Å². The zero-order chi connectivity index (χ0) is 15.4. The van der Waals surface area contributed by atoms with E-state index in [0.29, 0.717) is 25.9 Å². The highest BCUT2D eigenvalue weighted by Gasteiger charge is 2.27. The number of carbonyl (C=O) groups is 2. The second kappa shape index (κ2) is 6.61. The van der Waals surface area contributed by atoms with Crippen molar-refractivity contribution in [2.24, 2.45) is 5.92 Å². The van der Waals surface area contributed by atoms with E-state index in [1.807, 2.05) is 32.0 Å². The van der Waals surface area contributed by atoms with Gasteiger partial charge in [-0.3, -0.25) is 4.79 Å². The molecule has 0 atom stereocenters. The van der Waals surface area contributed by atoms with Crippen molar-refractivity contribution in [1.82, 2.24) is 4.90 Å². The van der Waals surface area contributed by atoms with Crippen molar-refractivity contribution in [3.8, 4) is 0 Å². The number of hydrogen-bond donors (Lipinski definition) is 1. The lowest BCUT2D eigenvalue weighted by molar-refractivity contribution is -0.121. The summed E-state index contributed by atoms with van der Waals surface area (Å²) in [6, 6.07) is 6.02. The topological polar surface area (TPSA) is 58.6 Å². The van der Waals surface area contributed by atoms with Crippen LogP contribution in [0.2, 0.25) is 0 Å². The van der Waals surface area contributed by atoms with Gasteiger partial charge in [0.1, 0.15) is 0 Å². The molecule has 1 aliphatic heterocycles. The third kappa shape index (κ3) is 3.74. The molecule has 2 amide bonds. The van der Waals surface area contributed by atoms with Crippen molar-refractivity contribution in [3.05, 3.63) is 29.3 Å². The van der Waals surface area contributed by atoms with E-state index < -0.39 is 0 Å². The van der Waals surface area contributed by atoms with Gasteiger partial charge in [-0.25, -0.2) is 4.79 Å². The van der Waals surface area contributed by atoms with Gasteiger partial charge in [0.2, 0.25) is 5.91 Å². The quantitative estimate of drug-likeness (QED) is 0.911. The Hall–Kier alpha value is -2.04. The van der Waals surface area contributed by atoms with Gasteiger partial charge in [0.05, 0.1) is 7.11 Å². The van der Waals surface area contributed by atoms with Crippen molar-refractivity contribution in [3.63, 3.8) is 0 Å². The van der Waals surface area contributed by atoms with E-state index in [1.165, 1.54) is 7.11 Å². The van der Waals surface area contributed by atoms with Gasteiger partial charge in [-0.15, -0.1) is 0 Å². The molecule has 0 spiro atoms. The molecule has 0 saturated carbocycles. The number of nitrogens with zero attached hydrogens (tertiary/aromatic N) is 1. The van der Waals surface area contributed by atoms with Gasteiger partial charge in [0.15, 0.2) is 0 Å². The van der Waals surface area contributed by atoms with Crippen LogP contribution in [0.15, 0.2) is 18.2 Å². The fourth-order valence-electron chi connectivity index (χ4n) is 2.56. The molecule has 114 valence electrons. The molecule has 0 radical (unpaired) electrons. The van der Waals surface area contributed by atoms with Crippen molar-refractivity contribution in [2.75, 3.05) is 25.5 Å². The Kier molecular flexibility index (Phi) is 4.83. The van der Waals surface area contributed by atoms with Crippen LogP contribution in [0.3, 0.4) is 0 Å². The lowest BCUT2D eigenvalue weighted by Crippen LogP contribution is -2.41. The molecule has 0 aliphatic carbocycles. The molecule has 1 aromatic rings. The molecule has 1 heterocycles. The maximum absolute atomic E-state index is 12.3. The Morgan fingerprint density at radius 2 is 1.90 bits per heavy atom. The van der Waals surface area contributed by atoms with Gasteiger partial charge in [0.25, 0.3) is 0 Å². The average molecular weight is 290 g/mol. The minimum Gasteiger partial charge on any atom is -0.453 e. The standard InChI is InChI=1S/C16H22N2O3/c1-11-4-5-12(2)14(10-11)17-15(19)13-6-8-18(9-7-13)16(20)21-3/h4-5,10,13H,6-9H2,1-3H3,(H,17,19). The first-order valence-electron chi connectivity index (χ1n) is 7.22. The van der Waals surface area contributed by atoms with Gasteiger partial charge < -0.3 is 15.0 Å². The molecule has 1 aliphatic rings. The number of benzene rings is 1. The SMILES string of the molecule is COC(=O)N1CCC(C(=O)Nc2cc(C)ccc2C)CC1. The number of amides is 2. The van der Waals surface area contributed by atoms with Crippen LogP contribution in [0.25, 0.3) is 0 Å². The molecule has 5 heteroatoms. The third-order valence-corrected chi connectivity index (χ3v) is 3.95. The summed E-state index contributed by atoms with van der Waals surface area (Å²) in [6.45, 7) is 5.12. The molecule has 21 heavy (non-hydrogen) atoms. The molecule has 1 aromatic carbocycles. The van der Waals surface area contributed by atoms with Crippen LogP contribution in [0.5, 0.6) is 0 Å². The lowest BCUT2D eigenvalue weighted by atomic mass is 9.96. The highest BCUT2D eigenvalue weighted by Crippen LogP contribution is 2.22. The number of ether oxygens (including phenoxy) is 1. The van der Waals surface area contributed by atoms with E-state index in [4.69, 9.17) is 4.74 Å². The summed E-state index contributed by atoms with van der Waals surface area (Å²) in [6.07, 6.45) is 1.03. The number of likely N-dealkylation sites (tertiary alicyclic amines) is 1. The molecule has 0 bridgehead atoms. The minimum atomic E-state index is -0.316. The van der Waals surface area contributed by atoms with E-state index in [2.05, 4.69) is 5.32 Å². The van der Waals surface area contributed by atoms with Gasteiger partial charge >= 0.3 is 6.09 Å². The maximum Gasteiger partial charge on any atom is 0.409 e. The van der Waals surface area contributed by atoms with E-state index in [9.17, 15) is 9.59 Å². The van der Waals surface area contributed by atoms with Crippen LogP contribution in [-0.2, 0) is 9.53 Å². The highest BCUT2D eigenvalue weighted by molar-refractivity contribution is 5.93. The van der Waals surface area contributed by atoms with Crippen molar-refractivity contribution >= 4 is 17.7 Å². The van der Waals surface area contributed by atoms with Crippen molar-refractivity contribution < 1.29 is 14.3 Å². The molecule has 5 nitrogen and oxygen atoms in total. The summed E-state index contributed by atoms with van der Waals surface area (Å²) in [7, 11) is 1.38. The first kappa shape index (κ1) is 15.4. The molecular formula is C16H22N2O3. The average Bonchev–Trinajstić information content (AvgIpc) is 2.50. The lowest BCUT2D eigenvalue weighted by Gasteiger charge is -2.30. The van der Waals surface area contributed by atoms with E-state index in [-0.39, 0.29) is 17.9 Å².